The van der Waals surface area contributed by atoms with Crippen LogP contribution in [-0.4, -0.2) is 55.6 Å². The van der Waals surface area contributed by atoms with Gasteiger partial charge in [-0.25, -0.2) is 24.6 Å². The van der Waals surface area contributed by atoms with E-state index in [0.29, 0.717) is 41.9 Å². The minimum absolute atomic E-state index is 0.247. The van der Waals surface area contributed by atoms with Crippen LogP contribution in [0.2, 0.25) is 0 Å². The molecule has 2 aliphatic rings. The van der Waals surface area contributed by atoms with Crippen molar-refractivity contribution in [1.29, 1.82) is 0 Å². The highest BCUT2D eigenvalue weighted by molar-refractivity contribution is 6.14. The Morgan fingerprint density at radius 2 is 2.06 bits per heavy atom. The first kappa shape index (κ1) is 20.6. The monoisotopic (exact) mass is 462 g/mol. The second-order valence-corrected chi connectivity index (χ2v) is 8.45. The fourth-order valence-corrected chi connectivity index (χ4v) is 4.50. The van der Waals surface area contributed by atoms with Crippen LogP contribution in [0.15, 0.2) is 62.9 Å². The number of aliphatic imine (C=N–C) groups is 1. The molecular formula is C23H23FN8O2. The van der Waals surface area contributed by atoms with Crippen molar-refractivity contribution in [3.63, 3.8) is 0 Å². The van der Waals surface area contributed by atoms with Crippen molar-refractivity contribution in [2.45, 2.75) is 19.6 Å². The molecule has 0 amide bonds. The number of halogens is 1. The van der Waals surface area contributed by atoms with Crippen molar-refractivity contribution < 1.29 is 8.81 Å². The van der Waals surface area contributed by atoms with E-state index in [1.54, 1.807) is 33.5 Å². The molecule has 1 unspecified atom stereocenters. The van der Waals surface area contributed by atoms with Gasteiger partial charge in [0.1, 0.15) is 23.4 Å². The van der Waals surface area contributed by atoms with Crippen molar-refractivity contribution in [2.75, 3.05) is 24.6 Å². The Morgan fingerprint density at radius 1 is 1.24 bits per heavy atom. The van der Waals surface area contributed by atoms with Gasteiger partial charge >= 0.3 is 5.69 Å². The highest BCUT2D eigenvalue weighted by atomic mass is 19.1. The summed E-state index contributed by atoms with van der Waals surface area (Å²) in [5.41, 5.74) is 3.06. The summed E-state index contributed by atoms with van der Waals surface area (Å²) >= 11 is 0. The van der Waals surface area contributed by atoms with E-state index in [9.17, 15) is 9.18 Å². The molecule has 10 nitrogen and oxygen atoms in total. The molecule has 34 heavy (non-hydrogen) atoms. The van der Waals surface area contributed by atoms with Gasteiger partial charge in [0.25, 0.3) is 0 Å². The van der Waals surface area contributed by atoms with Crippen molar-refractivity contribution in [3.05, 3.63) is 82.1 Å². The highest BCUT2D eigenvalue weighted by Gasteiger charge is 2.33. The molecule has 3 aromatic heterocycles. The molecule has 0 saturated heterocycles. The fraction of sp³-hybridized carbons (Fsp3) is 0.261. The number of benzene rings is 1. The first-order chi connectivity index (χ1) is 16.5. The number of H-pyrrole nitrogens is 1. The van der Waals surface area contributed by atoms with Gasteiger partial charge in [-0.3, -0.25) is 19.5 Å². The van der Waals surface area contributed by atoms with Crippen molar-refractivity contribution in [3.8, 4) is 0 Å². The van der Waals surface area contributed by atoms with E-state index in [1.165, 1.54) is 17.1 Å². The Kier molecular flexibility index (Phi) is 4.74. The van der Waals surface area contributed by atoms with Crippen LogP contribution in [0.1, 0.15) is 23.9 Å². The van der Waals surface area contributed by atoms with Crippen LogP contribution in [0.5, 0.6) is 0 Å². The van der Waals surface area contributed by atoms with Crippen LogP contribution in [0.25, 0.3) is 11.4 Å². The lowest BCUT2D eigenvalue weighted by molar-refractivity contribution is 0.337. The normalized spacial score (nSPS) is 18.4. The molecule has 0 spiro atoms. The molecule has 0 radical (unpaired) electrons. The lowest BCUT2D eigenvalue weighted by Gasteiger charge is -2.26. The summed E-state index contributed by atoms with van der Waals surface area (Å²) in [7, 11) is 0. The molecule has 0 aliphatic carbocycles. The molecule has 1 aromatic carbocycles. The van der Waals surface area contributed by atoms with Crippen LogP contribution >= 0.6 is 0 Å². The topological polar surface area (TPSA) is 113 Å². The number of aromatic nitrogens is 4. The number of furan rings is 1. The average Bonchev–Trinajstić information content (AvgIpc) is 3.61. The Hall–Kier alpha value is -3.96. The largest absolute Gasteiger partial charge is 0.463 e. The van der Waals surface area contributed by atoms with Crippen molar-refractivity contribution in [1.82, 2.24) is 24.1 Å². The molecule has 6 rings (SSSR count). The Morgan fingerprint density at radius 3 is 2.82 bits per heavy atom. The van der Waals surface area contributed by atoms with E-state index in [2.05, 4.69) is 26.1 Å². The Bertz CT molecular complexity index is 1480. The number of nitrogens with two attached hydrogens (primary N) is 1. The van der Waals surface area contributed by atoms with E-state index in [0.717, 1.165) is 24.2 Å². The minimum Gasteiger partial charge on any atom is -0.463 e. The first-order valence-corrected chi connectivity index (χ1v) is 11.0. The maximum atomic E-state index is 13.2. The molecule has 2 aliphatic heterocycles. The number of fused-ring (bicyclic) bond motifs is 3. The van der Waals surface area contributed by atoms with Crippen LogP contribution < -0.4 is 16.5 Å². The number of anilines is 1. The lowest BCUT2D eigenvalue weighted by atomic mass is 10.1. The van der Waals surface area contributed by atoms with Gasteiger partial charge < -0.3 is 4.42 Å². The Balaban J connectivity index is 1.27. The number of nitrogens with one attached hydrogen (secondary N) is 1. The van der Waals surface area contributed by atoms with Crippen molar-refractivity contribution >= 4 is 22.9 Å². The first-order valence-electron chi connectivity index (χ1n) is 11.0. The molecule has 1 atom stereocenters. The standard InChI is InChI=1S/C23H23FN8O2/c1-14-26-19(18-3-2-12-34-18)20-21(31(14)25)27-22-30(23(33)28-32(20)22)11-10-29-9-8-16(13-29)15-4-6-17(24)7-5-15/h2-8,12,14H,9-11,13,25H2,1H3,(H,28,33). The lowest BCUT2D eigenvalue weighted by Crippen LogP contribution is -2.43. The zero-order valence-electron chi connectivity index (χ0n) is 18.5. The summed E-state index contributed by atoms with van der Waals surface area (Å²) < 4.78 is 22.0. The van der Waals surface area contributed by atoms with E-state index < -0.39 is 0 Å². The fourth-order valence-electron chi connectivity index (χ4n) is 4.50. The smallest absolute Gasteiger partial charge is 0.343 e. The summed E-state index contributed by atoms with van der Waals surface area (Å²) in [5, 5.41) is 4.35. The van der Waals surface area contributed by atoms with Gasteiger partial charge in [0.2, 0.25) is 5.78 Å². The van der Waals surface area contributed by atoms with E-state index in [-0.39, 0.29) is 17.7 Å². The molecule has 0 saturated carbocycles. The summed E-state index contributed by atoms with van der Waals surface area (Å²) in [6, 6.07) is 10.1. The molecular weight excluding hydrogens is 439 g/mol. The van der Waals surface area contributed by atoms with Crippen LogP contribution in [-0.2, 0) is 6.54 Å². The zero-order valence-corrected chi connectivity index (χ0v) is 18.5. The second-order valence-electron chi connectivity index (χ2n) is 8.45. The molecule has 11 heteroatoms. The predicted molar refractivity (Wildman–Crippen MR) is 125 cm³/mol. The van der Waals surface area contributed by atoms with E-state index >= 15 is 0 Å². The number of hydrogen-bond acceptors (Lipinski definition) is 7. The number of imidazole rings is 1. The zero-order chi connectivity index (χ0) is 23.4. The SMILES string of the molecule is CC1N=C(c2ccco2)c2c(nc3n(CCN4CC=C(c5ccc(F)cc5)C4)c(=O)[nH]n23)N1N. The van der Waals surface area contributed by atoms with Crippen LogP contribution in [0.4, 0.5) is 10.2 Å². The van der Waals surface area contributed by atoms with Gasteiger partial charge in [-0.1, -0.05) is 18.2 Å². The third-order valence-electron chi connectivity index (χ3n) is 6.32. The third kappa shape index (κ3) is 3.28. The molecule has 0 bridgehead atoms. The van der Waals surface area contributed by atoms with Crippen LogP contribution in [0, 0.1) is 5.82 Å². The quantitative estimate of drug-likeness (QED) is 0.438. The van der Waals surface area contributed by atoms with Crippen molar-refractivity contribution in [2.24, 2.45) is 10.8 Å². The highest BCUT2D eigenvalue weighted by Crippen LogP contribution is 2.29. The Labute approximate surface area is 193 Å². The molecule has 5 heterocycles. The molecule has 4 aromatic rings. The summed E-state index contributed by atoms with van der Waals surface area (Å²) in [5.74, 6) is 7.57. The summed E-state index contributed by atoms with van der Waals surface area (Å²) in [4.78, 5) is 24.4. The van der Waals surface area contributed by atoms with E-state index in [4.69, 9.17) is 10.3 Å². The second kappa shape index (κ2) is 7.82. The molecule has 3 N–H and O–H groups in total. The van der Waals surface area contributed by atoms with Gasteiger partial charge in [-0.15, -0.1) is 0 Å². The number of rotatable bonds is 5. The van der Waals surface area contributed by atoms with Gasteiger partial charge in [0.15, 0.2) is 11.6 Å². The maximum absolute atomic E-state index is 13.2. The third-order valence-corrected chi connectivity index (χ3v) is 6.32. The average molecular weight is 462 g/mol. The van der Waals surface area contributed by atoms with E-state index in [1.807, 2.05) is 13.0 Å². The molecule has 0 fully saturated rings. The minimum atomic E-state index is -0.340. The predicted octanol–water partition coefficient (Wildman–Crippen LogP) is 1.83. The van der Waals surface area contributed by atoms with Gasteiger partial charge in [-0.2, -0.15) is 4.98 Å². The van der Waals surface area contributed by atoms with Gasteiger partial charge in [0, 0.05) is 26.2 Å². The number of hydrazine groups is 1. The number of nitrogens with zero attached hydrogens (tertiary/aromatic N) is 6. The summed E-state index contributed by atoms with van der Waals surface area (Å²) in [6.45, 7) is 4.45. The van der Waals surface area contributed by atoms with Gasteiger partial charge in [0.05, 0.1) is 6.26 Å². The van der Waals surface area contributed by atoms with Crippen LogP contribution in [0.3, 0.4) is 0 Å². The van der Waals surface area contributed by atoms with Gasteiger partial charge in [-0.05, 0) is 42.3 Å². The summed E-state index contributed by atoms with van der Waals surface area (Å²) in [6.07, 6.45) is 3.37. The molecule has 174 valence electrons. The number of hydrogen-bond donors (Lipinski definition) is 2. The maximum Gasteiger partial charge on any atom is 0.343 e. The number of aromatic amines is 1.